The monoisotopic (exact) mass is 261 g/mol. The lowest BCUT2D eigenvalue weighted by molar-refractivity contribution is 0.00578. The van der Waals surface area contributed by atoms with Crippen molar-refractivity contribution in [1.29, 1.82) is 0 Å². The van der Waals surface area contributed by atoms with Crippen molar-refractivity contribution < 1.29 is 18.8 Å². The molecule has 1 fully saturated rings. The van der Waals surface area contributed by atoms with Crippen LogP contribution in [0.3, 0.4) is 0 Å². The molecule has 0 spiro atoms. The first kappa shape index (κ1) is 12.6. The molecular formula is C13H16BNO4. The van der Waals surface area contributed by atoms with Gasteiger partial charge in [0.25, 0.3) is 0 Å². The Kier molecular flexibility index (Phi) is 2.53. The maximum Gasteiger partial charge on any atom is 0.514 e. The summed E-state index contributed by atoms with van der Waals surface area (Å²) in [6, 6.07) is 3.66. The number of carbonyl (C=O) groups excluding carboxylic acids is 1. The Hall–Kier alpha value is -1.40. The lowest BCUT2D eigenvalue weighted by atomic mass is 9.84. The zero-order valence-electron chi connectivity index (χ0n) is 11.5. The van der Waals surface area contributed by atoms with Crippen molar-refractivity contribution in [3.05, 3.63) is 23.4 Å². The zero-order valence-corrected chi connectivity index (χ0v) is 11.5. The molecule has 0 saturated carbocycles. The third-order valence-corrected chi connectivity index (χ3v) is 4.05. The highest BCUT2D eigenvalue weighted by Gasteiger charge is 2.52. The number of aromatic nitrogens is 1. The summed E-state index contributed by atoms with van der Waals surface area (Å²) in [4.78, 5) is 15.8. The zero-order chi connectivity index (χ0) is 13.8. The number of cyclic esters (lactones) is 1. The third-order valence-electron chi connectivity index (χ3n) is 4.05. The van der Waals surface area contributed by atoms with Crippen LogP contribution >= 0.6 is 0 Å². The van der Waals surface area contributed by atoms with E-state index in [9.17, 15) is 4.79 Å². The van der Waals surface area contributed by atoms with Crippen LogP contribution in [0.25, 0.3) is 0 Å². The van der Waals surface area contributed by atoms with Gasteiger partial charge in [-0.25, -0.2) is 9.78 Å². The Morgan fingerprint density at radius 2 is 1.79 bits per heavy atom. The van der Waals surface area contributed by atoms with E-state index in [1.165, 1.54) is 0 Å². The molecule has 0 N–H and O–H groups in total. The molecule has 3 rings (SSSR count). The molecule has 2 aliphatic rings. The maximum absolute atomic E-state index is 11.5. The minimum absolute atomic E-state index is 0.296. The van der Waals surface area contributed by atoms with Gasteiger partial charge in [-0.3, -0.25) is 0 Å². The summed E-state index contributed by atoms with van der Waals surface area (Å²) in [5.41, 5.74) is 0.950. The predicted octanol–water partition coefficient (Wildman–Crippen LogP) is 1.05. The Bertz CT molecular complexity index is 540. The summed E-state index contributed by atoms with van der Waals surface area (Å²) in [5, 5.41) is 0. The number of hydrogen-bond donors (Lipinski definition) is 0. The van der Waals surface area contributed by atoms with E-state index in [2.05, 4.69) is 4.98 Å². The first-order chi connectivity index (χ1) is 8.80. The molecule has 0 radical (unpaired) electrons. The van der Waals surface area contributed by atoms with Gasteiger partial charge in [0, 0.05) is 5.56 Å². The fourth-order valence-corrected chi connectivity index (χ4v) is 2.10. The molecule has 1 aromatic heterocycles. The fraction of sp³-hybridized carbons (Fsp3) is 0.538. The molecule has 0 unspecified atom stereocenters. The van der Waals surface area contributed by atoms with Gasteiger partial charge >= 0.3 is 13.1 Å². The number of pyridine rings is 1. The second-order valence-electron chi connectivity index (χ2n) is 5.91. The smallest absolute Gasteiger partial charge is 0.456 e. The van der Waals surface area contributed by atoms with E-state index in [1.54, 1.807) is 0 Å². The standard InChI is InChI=1S/C13H16BNO4/c1-12(2)13(3,4)19-14(18-12)9-6-5-8-7-17-11(16)10(8)15-9/h5-6H,7H2,1-4H3. The number of nitrogens with zero attached hydrogens (tertiary/aromatic N) is 1. The van der Waals surface area contributed by atoms with E-state index in [4.69, 9.17) is 14.0 Å². The summed E-state index contributed by atoms with van der Waals surface area (Å²) >= 11 is 0. The van der Waals surface area contributed by atoms with E-state index in [-0.39, 0.29) is 5.97 Å². The van der Waals surface area contributed by atoms with Gasteiger partial charge in [0.1, 0.15) is 6.61 Å². The lowest BCUT2D eigenvalue weighted by Gasteiger charge is -2.32. The molecule has 100 valence electrons. The Morgan fingerprint density at radius 1 is 1.16 bits per heavy atom. The van der Waals surface area contributed by atoms with Crippen molar-refractivity contribution in [3.8, 4) is 0 Å². The molecular weight excluding hydrogens is 245 g/mol. The highest BCUT2D eigenvalue weighted by molar-refractivity contribution is 6.61. The molecule has 0 bridgehead atoms. The maximum atomic E-state index is 11.5. The average molecular weight is 261 g/mol. The van der Waals surface area contributed by atoms with Crippen LogP contribution in [0.2, 0.25) is 0 Å². The number of hydrogen-bond acceptors (Lipinski definition) is 5. The average Bonchev–Trinajstić information content (AvgIpc) is 2.78. The number of fused-ring (bicyclic) bond motifs is 1. The van der Waals surface area contributed by atoms with E-state index in [0.717, 1.165) is 5.56 Å². The highest BCUT2D eigenvalue weighted by atomic mass is 16.7. The lowest BCUT2D eigenvalue weighted by Crippen LogP contribution is -2.41. The minimum Gasteiger partial charge on any atom is -0.456 e. The van der Waals surface area contributed by atoms with Crippen molar-refractivity contribution in [2.45, 2.75) is 45.5 Å². The summed E-state index contributed by atoms with van der Waals surface area (Å²) < 4.78 is 16.8. The first-order valence-corrected chi connectivity index (χ1v) is 6.33. The molecule has 0 atom stereocenters. The van der Waals surface area contributed by atoms with E-state index in [0.29, 0.717) is 17.9 Å². The molecule has 0 aromatic carbocycles. The fourth-order valence-electron chi connectivity index (χ4n) is 2.10. The third kappa shape index (κ3) is 1.86. The largest absolute Gasteiger partial charge is 0.514 e. The van der Waals surface area contributed by atoms with Gasteiger partial charge in [-0.1, -0.05) is 6.07 Å². The molecule has 1 saturated heterocycles. The van der Waals surface area contributed by atoms with Crippen molar-refractivity contribution in [2.24, 2.45) is 0 Å². The number of carbonyl (C=O) groups is 1. The van der Waals surface area contributed by atoms with Crippen molar-refractivity contribution >= 4 is 18.7 Å². The van der Waals surface area contributed by atoms with Crippen molar-refractivity contribution in [2.75, 3.05) is 0 Å². The first-order valence-electron chi connectivity index (χ1n) is 6.33. The van der Waals surface area contributed by atoms with Crippen LogP contribution in [0.1, 0.15) is 43.7 Å². The van der Waals surface area contributed by atoms with Gasteiger partial charge in [-0.05, 0) is 33.8 Å². The predicted molar refractivity (Wildman–Crippen MR) is 69.1 cm³/mol. The molecule has 1 aromatic rings. The van der Waals surface area contributed by atoms with Crippen molar-refractivity contribution in [1.82, 2.24) is 4.98 Å². The van der Waals surface area contributed by atoms with Crippen molar-refractivity contribution in [3.63, 3.8) is 0 Å². The quantitative estimate of drug-likeness (QED) is 0.558. The van der Waals surface area contributed by atoms with Crippen LogP contribution < -0.4 is 5.59 Å². The molecule has 3 heterocycles. The van der Waals surface area contributed by atoms with Gasteiger partial charge < -0.3 is 14.0 Å². The number of rotatable bonds is 1. The molecule has 0 aliphatic carbocycles. The Labute approximate surface area is 112 Å². The molecule has 5 nitrogen and oxygen atoms in total. The van der Waals surface area contributed by atoms with Gasteiger partial charge in [-0.2, -0.15) is 0 Å². The highest BCUT2D eigenvalue weighted by Crippen LogP contribution is 2.36. The summed E-state index contributed by atoms with van der Waals surface area (Å²) in [5.74, 6) is -0.381. The molecule has 0 amide bonds. The second kappa shape index (κ2) is 3.80. The van der Waals surface area contributed by atoms with Crippen LogP contribution in [0.15, 0.2) is 12.1 Å². The van der Waals surface area contributed by atoms with Gasteiger partial charge in [0.05, 0.1) is 16.8 Å². The van der Waals surface area contributed by atoms with Gasteiger partial charge in [0.15, 0.2) is 5.69 Å². The van der Waals surface area contributed by atoms with Crippen LogP contribution in [0.5, 0.6) is 0 Å². The normalized spacial score (nSPS) is 23.4. The second-order valence-corrected chi connectivity index (χ2v) is 5.91. The summed E-state index contributed by atoms with van der Waals surface area (Å²) in [6.45, 7) is 8.22. The molecule has 6 heteroatoms. The molecule has 19 heavy (non-hydrogen) atoms. The van der Waals surface area contributed by atoms with E-state index in [1.807, 2.05) is 39.8 Å². The van der Waals surface area contributed by atoms with Crippen LogP contribution in [-0.4, -0.2) is 29.3 Å². The SMILES string of the molecule is CC1(C)OB(c2ccc3c(n2)C(=O)OC3)OC1(C)C. The minimum atomic E-state index is -0.552. The van der Waals surface area contributed by atoms with Crippen LogP contribution in [0, 0.1) is 0 Å². The Balaban J connectivity index is 1.93. The van der Waals surface area contributed by atoms with Crippen LogP contribution in [0.4, 0.5) is 0 Å². The Morgan fingerprint density at radius 3 is 2.42 bits per heavy atom. The van der Waals surface area contributed by atoms with Crippen LogP contribution in [-0.2, 0) is 20.7 Å². The number of ether oxygens (including phenoxy) is 1. The topological polar surface area (TPSA) is 57.7 Å². The molecule has 2 aliphatic heterocycles. The van der Waals surface area contributed by atoms with Gasteiger partial charge in [-0.15, -0.1) is 0 Å². The van der Waals surface area contributed by atoms with E-state index >= 15 is 0 Å². The number of esters is 1. The summed E-state index contributed by atoms with van der Waals surface area (Å²) in [7, 11) is -0.552. The van der Waals surface area contributed by atoms with Gasteiger partial charge in [0.2, 0.25) is 0 Å². The van der Waals surface area contributed by atoms with E-state index < -0.39 is 18.3 Å². The summed E-state index contributed by atoms with van der Waals surface area (Å²) in [6.07, 6.45) is 0.